The summed E-state index contributed by atoms with van der Waals surface area (Å²) in [5.74, 6) is 2.60. The summed E-state index contributed by atoms with van der Waals surface area (Å²) in [7, 11) is 0. The highest BCUT2D eigenvalue weighted by Crippen LogP contribution is 2.47. The minimum Gasteiger partial charge on any atom is -0.318 e. The minimum absolute atomic E-state index is 0.414. The van der Waals surface area contributed by atoms with E-state index in [-0.39, 0.29) is 0 Å². The van der Waals surface area contributed by atoms with Crippen LogP contribution >= 0.6 is 0 Å². The van der Waals surface area contributed by atoms with Gasteiger partial charge in [0.2, 0.25) is 0 Å². The Morgan fingerprint density at radius 2 is 1.48 bits per heavy atom. The number of hydrogen-bond acceptors (Lipinski definition) is 3. The maximum Gasteiger partial charge on any atom is 0.185 e. The Kier molecular flexibility index (Phi) is 4.52. The van der Waals surface area contributed by atoms with Crippen LogP contribution in [0.1, 0.15) is 87.3 Å². The normalized spacial score (nSPS) is 37.5. The largest absolute Gasteiger partial charge is 0.318 e. The van der Waals surface area contributed by atoms with Gasteiger partial charge in [0, 0.05) is 24.2 Å². The first-order valence-corrected chi connectivity index (χ1v) is 12.0. The number of aromatic nitrogens is 2. The van der Waals surface area contributed by atoms with Crippen LogP contribution in [0.2, 0.25) is 0 Å². The van der Waals surface area contributed by atoms with E-state index in [1.165, 1.54) is 70.6 Å². The second-order valence-corrected chi connectivity index (χ2v) is 10.3. The minimum atomic E-state index is 0.414. The third kappa shape index (κ3) is 3.06. The summed E-state index contributed by atoms with van der Waals surface area (Å²) in [5, 5.41) is 0. The van der Waals surface area contributed by atoms with E-state index in [0.29, 0.717) is 23.9 Å². The Balaban J connectivity index is 1.30. The van der Waals surface area contributed by atoms with Crippen molar-refractivity contribution in [3.63, 3.8) is 0 Å². The molecule has 2 aromatic rings. The number of nitrogens with zero attached hydrogens (tertiary/aromatic N) is 3. The number of rotatable bonds is 3. The highest BCUT2D eigenvalue weighted by molar-refractivity contribution is 5.83. The van der Waals surface area contributed by atoms with Crippen molar-refractivity contribution in [1.29, 1.82) is 0 Å². The molecule has 2 aliphatic carbocycles. The van der Waals surface area contributed by atoms with Crippen LogP contribution in [-0.2, 0) is 0 Å². The lowest BCUT2D eigenvalue weighted by Gasteiger charge is -2.55. The predicted octanol–water partition coefficient (Wildman–Crippen LogP) is 5.38. The molecule has 2 saturated carbocycles. The molecule has 29 heavy (non-hydrogen) atoms. The van der Waals surface area contributed by atoms with Gasteiger partial charge in [-0.2, -0.15) is 0 Å². The molecule has 0 amide bonds. The van der Waals surface area contributed by atoms with Crippen molar-refractivity contribution in [1.82, 2.24) is 14.5 Å². The van der Waals surface area contributed by atoms with Crippen LogP contribution in [-0.4, -0.2) is 38.9 Å². The van der Waals surface area contributed by atoms with Gasteiger partial charge in [-0.05, 0) is 68.9 Å². The third-order valence-corrected chi connectivity index (χ3v) is 8.62. The fourth-order valence-electron chi connectivity index (χ4n) is 7.67. The zero-order valence-corrected chi connectivity index (χ0v) is 17.4. The lowest BCUT2D eigenvalue weighted by Crippen LogP contribution is -2.58. The Bertz CT molecular complexity index is 879. The average Bonchev–Trinajstić information content (AvgIpc) is 3.11. The molecule has 6 rings (SSSR count). The molecule has 2 aliphatic heterocycles. The molecule has 1 aromatic carbocycles. The van der Waals surface area contributed by atoms with Gasteiger partial charge in [-0.3, -0.25) is 9.69 Å². The maximum absolute atomic E-state index is 11.8. The van der Waals surface area contributed by atoms with Crippen molar-refractivity contribution in [2.75, 3.05) is 0 Å². The van der Waals surface area contributed by atoms with Crippen molar-refractivity contribution in [2.24, 2.45) is 11.8 Å². The molecule has 4 heteroatoms. The van der Waals surface area contributed by atoms with Crippen molar-refractivity contribution >= 4 is 17.3 Å². The van der Waals surface area contributed by atoms with Crippen LogP contribution in [0, 0.1) is 11.8 Å². The molecule has 4 fully saturated rings. The molecule has 3 heterocycles. The number of imidazole rings is 1. The van der Waals surface area contributed by atoms with E-state index in [1.807, 2.05) is 12.1 Å². The molecule has 4 aliphatic rings. The molecule has 0 N–H and O–H groups in total. The lowest BCUT2D eigenvalue weighted by atomic mass is 9.68. The van der Waals surface area contributed by atoms with Gasteiger partial charge >= 0.3 is 0 Å². The van der Waals surface area contributed by atoms with Gasteiger partial charge in [0.05, 0.1) is 11.0 Å². The van der Waals surface area contributed by atoms with E-state index in [2.05, 4.69) is 26.6 Å². The summed E-state index contributed by atoms with van der Waals surface area (Å²) < 4.78 is 2.28. The molecule has 4 nitrogen and oxygen atoms in total. The fourth-order valence-corrected chi connectivity index (χ4v) is 7.67. The number of para-hydroxylation sites is 2. The molecule has 2 unspecified atom stereocenters. The summed E-state index contributed by atoms with van der Waals surface area (Å²) in [6.45, 7) is 0. The van der Waals surface area contributed by atoms with Gasteiger partial charge < -0.3 is 4.57 Å². The average molecular weight is 392 g/mol. The Hall–Kier alpha value is -1.68. The second kappa shape index (κ2) is 7.23. The lowest BCUT2D eigenvalue weighted by molar-refractivity contribution is -0.0483. The van der Waals surface area contributed by atoms with E-state index in [1.54, 1.807) is 0 Å². The highest BCUT2D eigenvalue weighted by Gasteiger charge is 2.45. The summed E-state index contributed by atoms with van der Waals surface area (Å²) in [6, 6.07) is 10.9. The molecular weight excluding hydrogens is 358 g/mol. The van der Waals surface area contributed by atoms with Gasteiger partial charge in [-0.25, -0.2) is 4.98 Å². The van der Waals surface area contributed by atoms with E-state index >= 15 is 0 Å². The zero-order valence-electron chi connectivity index (χ0n) is 17.4. The smallest absolute Gasteiger partial charge is 0.185 e. The number of carbonyl (C=O) groups is 1. The summed E-state index contributed by atoms with van der Waals surface area (Å²) in [4.78, 5) is 19.4. The number of benzene rings is 1. The number of piperidine rings is 2. The molecular formula is C25H33N3O. The SMILES string of the molecule is O=Cc1nc2ccccc2n1C1C[C@H]2CCC[C@@H](C1)N2C1C[C@H]2CCC[C@@H](C1)C2. The molecule has 154 valence electrons. The van der Waals surface area contributed by atoms with E-state index < -0.39 is 0 Å². The monoisotopic (exact) mass is 391 g/mol. The van der Waals surface area contributed by atoms with Gasteiger partial charge in [-0.15, -0.1) is 0 Å². The molecule has 0 spiro atoms. The molecule has 2 saturated heterocycles. The summed E-state index contributed by atoms with van der Waals surface area (Å²) in [5.41, 5.74) is 2.10. The quantitative estimate of drug-likeness (QED) is 0.660. The van der Waals surface area contributed by atoms with E-state index in [4.69, 9.17) is 0 Å². The van der Waals surface area contributed by atoms with E-state index in [9.17, 15) is 4.79 Å². The number of carbonyl (C=O) groups excluding carboxylic acids is 1. The van der Waals surface area contributed by atoms with Gasteiger partial charge in [0.25, 0.3) is 0 Å². The highest BCUT2D eigenvalue weighted by atomic mass is 16.1. The number of hydrogen-bond donors (Lipinski definition) is 0. The number of fused-ring (bicyclic) bond motifs is 5. The fraction of sp³-hybridized carbons (Fsp3) is 0.680. The van der Waals surface area contributed by atoms with Crippen molar-refractivity contribution < 1.29 is 4.79 Å². The van der Waals surface area contributed by atoms with Crippen molar-refractivity contribution in [3.8, 4) is 0 Å². The zero-order chi connectivity index (χ0) is 19.4. The Morgan fingerprint density at radius 1 is 0.793 bits per heavy atom. The third-order valence-electron chi connectivity index (χ3n) is 8.62. The van der Waals surface area contributed by atoms with Crippen LogP contribution < -0.4 is 0 Å². The van der Waals surface area contributed by atoms with Crippen LogP contribution in [0.5, 0.6) is 0 Å². The van der Waals surface area contributed by atoms with Crippen LogP contribution in [0.4, 0.5) is 0 Å². The molecule has 0 radical (unpaired) electrons. The summed E-state index contributed by atoms with van der Waals surface area (Å²) in [6.07, 6.45) is 16.2. The van der Waals surface area contributed by atoms with Crippen LogP contribution in [0.25, 0.3) is 11.0 Å². The van der Waals surface area contributed by atoms with Gasteiger partial charge in [0.15, 0.2) is 12.1 Å². The maximum atomic E-state index is 11.8. The molecule has 1 aromatic heterocycles. The van der Waals surface area contributed by atoms with Crippen LogP contribution in [0.15, 0.2) is 24.3 Å². The van der Waals surface area contributed by atoms with Gasteiger partial charge in [0.1, 0.15) is 0 Å². The Morgan fingerprint density at radius 3 is 2.21 bits per heavy atom. The predicted molar refractivity (Wildman–Crippen MR) is 115 cm³/mol. The van der Waals surface area contributed by atoms with Crippen molar-refractivity contribution in [2.45, 2.75) is 94.8 Å². The first-order valence-electron chi connectivity index (χ1n) is 12.0. The number of aldehydes is 1. The Labute approximate surface area is 173 Å². The van der Waals surface area contributed by atoms with E-state index in [0.717, 1.165) is 35.2 Å². The second-order valence-electron chi connectivity index (χ2n) is 10.3. The van der Waals surface area contributed by atoms with Crippen molar-refractivity contribution in [3.05, 3.63) is 30.1 Å². The molecule has 4 bridgehead atoms. The molecule has 6 atom stereocenters. The van der Waals surface area contributed by atoms with Crippen LogP contribution in [0.3, 0.4) is 0 Å². The topological polar surface area (TPSA) is 38.1 Å². The summed E-state index contributed by atoms with van der Waals surface area (Å²) >= 11 is 0. The standard InChI is InChI=1S/C25H33N3O/c29-16-25-26-23-9-1-2-10-24(23)28(25)22-14-19-7-4-8-20(15-22)27(19)21-12-17-5-3-6-18(11-17)13-21/h1-2,9-10,16-22H,3-8,11-15H2/t17-,18+,19-,20+,21?,22?. The first-order chi connectivity index (χ1) is 14.3. The first kappa shape index (κ1) is 18.1. The van der Waals surface area contributed by atoms with Gasteiger partial charge in [-0.1, -0.05) is 37.8 Å².